The van der Waals surface area contributed by atoms with E-state index in [9.17, 15) is 27.9 Å². The normalized spacial score (nSPS) is 14.2. The van der Waals surface area contributed by atoms with Crippen LogP contribution in [0.1, 0.15) is 50.2 Å². The van der Waals surface area contributed by atoms with Crippen molar-refractivity contribution in [2.75, 3.05) is 0 Å². The first-order chi connectivity index (χ1) is 16.7. The van der Waals surface area contributed by atoms with Crippen LogP contribution in [0.25, 0.3) is 10.9 Å². The zero-order valence-electron chi connectivity index (χ0n) is 19.4. The second kappa shape index (κ2) is 9.76. The monoisotopic (exact) mass is 500 g/mol. The number of aromatic carboxylic acids is 1. The van der Waals surface area contributed by atoms with E-state index >= 15 is 0 Å². The van der Waals surface area contributed by atoms with Crippen LogP contribution in [0, 0.1) is 0 Å². The van der Waals surface area contributed by atoms with Gasteiger partial charge in [-0.2, -0.15) is 13.2 Å². The zero-order chi connectivity index (χ0) is 24.8. The molecule has 0 saturated heterocycles. The summed E-state index contributed by atoms with van der Waals surface area (Å²) < 4.78 is 40.5. The molecule has 1 amide bonds. The molecule has 5 rings (SSSR count). The number of carbonyl (C=O) groups is 2. The third kappa shape index (κ3) is 5.07. The zero-order valence-corrected chi connectivity index (χ0v) is 21.4. The van der Waals surface area contributed by atoms with Gasteiger partial charge >= 0.3 is 35.7 Å². The first kappa shape index (κ1) is 26.0. The van der Waals surface area contributed by atoms with Gasteiger partial charge in [-0.3, -0.25) is 4.79 Å². The summed E-state index contributed by atoms with van der Waals surface area (Å²) in [7, 11) is 0. The van der Waals surface area contributed by atoms with Gasteiger partial charge in [0.25, 0.3) is 5.91 Å². The summed E-state index contributed by atoms with van der Waals surface area (Å²) in [6, 6.07) is 18.5. The Bertz CT molecular complexity index is 1420. The van der Waals surface area contributed by atoms with Gasteiger partial charge in [0.05, 0.1) is 28.2 Å². The molecule has 1 N–H and O–H groups in total. The van der Waals surface area contributed by atoms with Crippen molar-refractivity contribution in [1.82, 2.24) is 9.88 Å². The van der Waals surface area contributed by atoms with E-state index in [2.05, 4.69) is 5.32 Å². The van der Waals surface area contributed by atoms with E-state index < -0.39 is 23.2 Å². The number of carboxylic acids is 1. The number of aromatic nitrogens is 1. The van der Waals surface area contributed by atoms with Crippen molar-refractivity contribution in [1.29, 1.82) is 0 Å². The van der Waals surface area contributed by atoms with Crippen LogP contribution in [0.2, 0.25) is 0 Å². The van der Waals surface area contributed by atoms with Crippen LogP contribution in [0.3, 0.4) is 0 Å². The second-order valence-corrected chi connectivity index (χ2v) is 8.78. The van der Waals surface area contributed by atoms with E-state index in [0.29, 0.717) is 23.2 Å². The van der Waals surface area contributed by atoms with Gasteiger partial charge in [0, 0.05) is 18.1 Å². The number of alkyl halides is 3. The van der Waals surface area contributed by atoms with Gasteiger partial charge in [0.1, 0.15) is 0 Å². The van der Waals surface area contributed by atoms with E-state index in [1.165, 1.54) is 24.3 Å². The number of carbonyl (C=O) groups excluding carboxylic acids is 2. The van der Waals surface area contributed by atoms with Gasteiger partial charge in [-0.1, -0.05) is 48.5 Å². The van der Waals surface area contributed by atoms with Crippen LogP contribution >= 0.6 is 0 Å². The molecule has 1 saturated carbocycles. The molecule has 0 radical (unpaired) electrons. The number of carboxylic acid groups (broad SMARTS) is 1. The number of nitrogens with one attached hydrogen (secondary N) is 1. The molecule has 3 aromatic carbocycles. The van der Waals surface area contributed by atoms with Gasteiger partial charge in [0.2, 0.25) is 0 Å². The van der Waals surface area contributed by atoms with Crippen molar-refractivity contribution in [3.63, 3.8) is 0 Å². The number of hydrogen-bond donors (Lipinski definition) is 1. The average molecular weight is 500 g/mol. The molecular weight excluding hydrogens is 480 g/mol. The molecule has 0 bridgehead atoms. The fourth-order valence-corrected chi connectivity index (χ4v) is 4.39. The number of benzene rings is 3. The molecule has 1 fully saturated rings. The first-order valence-electron chi connectivity index (χ1n) is 11.0. The fourth-order valence-electron chi connectivity index (χ4n) is 4.39. The van der Waals surface area contributed by atoms with Crippen LogP contribution in [0.15, 0.2) is 79.0 Å². The summed E-state index contributed by atoms with van der Waals surface area (Å²) in [5, 5.41) is 15.0. The molecule has 1 aliphatic carbocycles. The summed E-state index contributed by atoms with van der Waals surface area (Å²) in [5.41, 5.74) is 1.45. The summed E-state index contributed by atoms with van der Waals surface area (Å²) in [6.07, 6.45) is -1.13. The van der Waals surface area contributed by atoms with Crippen molar-refractivity contribution in [2.24, 2.45) is 0 Å². The maximum Gasteiger partial charge on any atom is 1.00 e. The molecule has 1 aliphatic rings. The minimum atomic E-state index is -4.40. The Labute approximate surface area is 227 Å². The average Bonchev–Trinajstić information content (AvgIpc) is 3.50. The largest absolute Gasteiger partial charge is 1.00 e. The Morgan fingerprint density at radius 1 is 0.944 bits per heavy atom. The second-order valence-electron chi connectivity index (χ2n) is 8.78. The van der Waals surface area contributed by atoms with Gasteiger partial charge < -0.3 is 19.8 Å². The van der Waals surface area contributed by atoms with Gasteiger partial charge in [0.15, 0.2) is 0 Å². The number of hydrogen-bond acceptors (Lipinski definition) is 3. The third-order valence-corrected chi connectivity index (χ3v) is 6.44. The molecule has 178 valence electrons. The molecular formula is C27H20F3N2NaO3. The number of amides is 1. The van der Waals surface area contributed by atoms with Crippen LogP contribution in [0.5, 0.6) is 0 Å². The maximum atomic E-state index is 13.4. The SMILES string of the molecule is O=C([O-])c1ccc(C2(NC(=O)c3cccc4ccn(Cc5ccc(C(F)(F)F)cc5)c34)CC2)cc1.[Na+]. The van der Waals surface area contributed by atoms with E-state index in [0.717, 1.165) is 35.9 Å². The van der Waals surface area contributed by atoms with Crippen LogP contribution in [-0.4, -0.2) is 16.4 Å². The Hall–Kier alpha value is -3.07. The van der Waals surface area contributed by atoms with Crippen LogP contribution < -0.4 is 40.0 Å². The summed E-state index contributed by atoms with van der Waals surface area (Å²) in [5.74, 6) is -1.53. The van der Waals surface area contributed by atoms with E-state index in [1.54, 1.807) is 24.3 Å². The summed E-state index contributed by atoms with van der Waals surface area (Å²) in [6.45, 7) is 0.307. The van der Waals surface area contributed by atoms with Crippen molar-refractivity contribution in [3.05, 3.63) is 107 Å². The molecule has 0 aliphatic heterocycles. The van der Waals surface area contributed by atoms with E-state index in [1.807, 2.05) is 22.9 Å². The molecule has 5 nitrogen and oxygen atoms in total. The van der Waals surface area contributed by atoms with Gasteiger partial charge in [-0.15, -0.1) is 0 Å². The van der Waals surface area contributed by atoms with Gasteiger partial charge in [-0.25, -0.2) is 0 Å². The van der Waals surface area contributed by atoms with E-state index in [-0.39, 0.29) is 41.0 Å². The summed E-state index contributed by atoms with van der Waals surface area (Å²) >= 11 is 0. The molecule has 4 aromatic rings. The van der Waals surface area contributed by atoms with Crippen LogP contribution in [0.4, 0.5) is 13.2 Å². The molecule has 36 heavy (non-hydrogen) atoms. The first-order valence-corrected chi connectivity index (χ1v) is 11.0. The molecule has 0 unspecified atom stereocenters. The number of fused-ring (bicyclic) bond motifs is 1. The van der Waals surface area contributed by atoms with Gasteiger partial charge in [-0.05, 0) is 53.8 Å². The summed E-state index contributed by atoms with van der Waals surface area (Å²) in [4.78, 5) is 24.4. The number of rotatable bonds is 6. The van der Waals surface area contributed by atoms with Crippen molar-refractivity contribution < 1.29 is 57.4 Å². The number of halogens is 3. The Balaban J connectivity index is 0.00000304. The Morgan fingerprint density at radius 2 is 1.61 bits per heavy atom. The predicted octanol–water partition coefficient (Wildman–Crippen LogP) is 1.49. The molecule has 1 heterocycles. The number of nitrogens with zero attached hydrogens (tertiary/aromatic N) is 1. The standard InChI is InChI=1S/C27H21F3N2O3.Na/c28-27(29,30)21-8-4-17(5-9-21)16-32-15-12-18-2-1-3-22(23(18)32)24(33)31-26(13-14-26)20-10-6-19(7-11-20)25(34)35;/h1-12,15H,13-14,16H2,(H,31,33)(H,34,35);/q;+1/p-1. The van der Waals surface area contributed by atoms with Crippen molar-refractivity contribution in [2.45, 2.75) is 31.1 Å². The number of para-hydroxylation sites is 1. The molecule has 0 atom stereocenters. The molecule has 9 heteroatoms. The Kier molecular flexibility index (Phi) is 7.05. The molecule has 1 aromatic heterocycles. The van der Waals surface area contributed by atoms with Crippen LogP contribution in [-0.2, 0) is 18.3 Å². The quantitative estimate of drug-likeness (QED) is 0.408. The minimum absolute atomic E-state index is 0. The predicted molar refractivity (Wildman–Crippen MR) is 122 cm³/mol. The molecule has 0 spiro atoms. The topological polar surface area (TPSA) is 74.2 Å². The van der Waals surface area contributed by atoms with Crippen molar-refractivity contribution >= 4 is 22.8 Å². The van der Waals surface area contributed by atoms with E-state index in [4.69, 9.17) is 0 Å². The maximum absolute atomic E-state index is 13.4. The Morgan fingerprint density at radius 3 is 2.19 bits per heavy atom. The fraction of sp³-hybridized carbons (Fsp3) is 0.185. The van der Waals surface area contributed by atoms with Crippen molar-refractivity contribution in [3.8, 4) is 0 Å². The smallest absolute Gasteiger partial charge is 0.545 e. The minimum Gasteiger partial charge on any atom is -0.545 e. The third-order valence-electron chi connectivity index (χ3n) is 6.44.